The van der Waals surface area contributed by atoms with Gasteiger partial charge in [-0.05, 0) is 18.4 Å². The molecule has 4 aromatic heterocycles. The number of aromatic nitrogens is 8. The van der Waals surface area contributed by atoms with E-state index in [1.807, 2.05) is 12.1 Å². The van der Waals surface area contributed by atoms with E-state index in [1.165, 1.54) is 18.0 Å². The third kappa shape index (κ3) is 5.42. The highest BCUT2D eigenvalue weighted by Crippen LogP contribution is 2.45. The lowest BCUT2D eigenvalue weighted by Gasteiger charge is -2.13. The Morgan fingerprint density at radius 1 is 1.05 bits per heavy atom. The smallest absolute Gasteiger partial charge is 0.434 e. The highest BCUT2D eigenvalue weighted by molar-refractivity contribution is 5.85. The molecule has 0 atom stereocenters. The average Bonchev–Trinajstić information content (AvgIpc) is 3.54. The molecule has 41 heavy (non-hydrogen) atoms. The molecule has 212 valence electrons. The van der Waals surface area contributed by atoms with Gasteiger partial charge in [-0.1, -0.05) is 24.3 Å². The monoisotopic (exact) mass is 565 g/mol. The Hall–Kier alpha value is -4.59. The van der Waals surface area contributed by atoms with E-state index in [9.17, 15) is 13.2 Å². The second kappa shape index (κ2) is 10.8. The number of rotatable bonds is 10. The molecule has 4 heterocycles. The number of nitrogens with one attached hydrogen (secondary N) is 2. The first-order chi connectivity index (χ1) is 19.9. The summed E-state index contributed by atoms with van der Waals surface area (Å²) in [4.78, 5) is 29.4. The second-order valence-electron chi connectivity index (χ2n) is 9.60. The number of hydrogen-bond acceptors (Lipinski definition) is 9. The van der Waals surface area contributed by atoms with E-state index in [1.54, 1.807) is 25.6 Å². The molecule has 14 heteroatoms. The van der Waals surface area contributed by atoms with Crippen LogP contribution in [0, 0.1) is 0 Å². The lowest BCUT2D eigenvalue weighted by Crippen LogP contribution is -2.07. The molecule has 0 spiro atoms. The Morgan fingerprint density at radius 2 is 1.85 bits per heavy atom. The number of methoxy groups -OCH3 is 2. The van der Waals surface area contributed by atoms with Gasteiger partial charge in [-0.3, -0.25) is 0 Å². The Balaban J connectivity index is 1.27. The molecule has 0 unspecified atom stereocenters. The van der Waals surface area contributed by atoms with Crippen molar-refractivity contribution in [3.05, 3.63) is 60.1 Å². The van der Waals surface area contributed by atoms with E-state index in [0.717, 1.165) is 30.3 Å². The number of aromatic amines is 1. The summed E-state index contributed by atoms with van der Waals surface area (Å²) in [6.45, 7) is 0.887. The molecule has 0 bridgehead atoms. The van der Waals surface area contributed by atoms with Gasteiger partial charge in [0.25, 0.3) is 0 Å². The summed E-state index contributed by atoms with van der Waals surface area (Å²) in [5.74, 6) is 1.87. The van der Waals surface area contributed by atoms with Crippen LogP contribution in [0.25, 0.3) is 33.9 Å². The maximum atomic E-state index is 13.3. The topological polar surface area (TPSA) is 129 Å². The number of fused-ring (bicyclic) bond motifs is 1. The fraction of sp³-hybridized carbons (Fsp3) is 0.333. The number of anilines is 1. The summed E-state index contributed by atoms with van der Waals surface area (Å²) in [6.07, 6.45) is 1.56. The average molecular weight is 566 g/mol. The number of H-pyrrole nitrogens is 1. The Morgan fingerprint density at radius 3 is 2.56 bits per heavy atom. The number of ether oxygens (including phenoxy) is 2. The van der Waals surface area contributed by atoms with Gasteiger partial charge in [0.2, 0.25) is 5.88 Å². The van der Waals surface area contributed by atoms with Crippen LogP contribution in [0.5, 0.6) is 5.88 Å². The normalized spacial score (nSPS) is 13.6. The summed E-state index contributed by atoms with van der Waals surface area (Å²) < 4.78 is 52.0. The summed E-state index contributed by atoms with van der Waals surface area (Å²) >= 11 is 0. The number of hydrogen-bond donors (Lipinski definition) is 2. The highest BCUT2D eigenvalue weighted by Gasteiger charge is 2.35. The van der Waals surface area contributed by atoms with Crippen molar-refractivity contribution in [2.45, 2.75) is 38.0 Å². The number of halogens is 3. The van der Waals surface area contributed by atoms with Gasteiger partial charge in [0, 0.05) is 37.9 Å². The fourth-order valence-corrected chi connectivity index (χ4v) is 4.59. The first-order valence-electron chi connectivity index (χ1n) is 12.9. The van der Waals surface area contributed by atoms with Crippen LogP contribution in [0.2, 0.25) is 0 Å². The van der Waals surface area contributed by atoms with Crippen LogP contribution in [-0.4, -0.2) is 60.3 Å². The van der Waals surface area contributed by atoms with E-state index in [2.05, 4.69) is 35.2 Å². The van der Waals surface area contributed by atoms with Gasteiger partial charge in [-0.15, -0.1) is 0 Å². The number of benzene rings is 1. The molecular weight excluding hydrogens is 539 g/mol. The molecular formula is C27H26F3N9O2. The van der Waals surface area contributed by atoms with E-state index in [-0.39, 0.29) is 19.0 Å². The third-order valence-electron chi connectivity index (χ3n) is 6.78. The van der Waals surface area contributed by atoms with Crippen molar-refractivity contribution in [2.24, 2.45) is 0 Å². The number of alkyl halides is 3. The molecule has 1 aliphatic carbocycles. The van der Waals surface area contributed by atoms with Crippen LogP contribution in [0.4, 0.5) is 19.0 Å². The summed E-state index contributed by atoms with van der Waals surface area (Å²) in [5.41, 5.74) is 3.11. The van der Waals surface area contributed by atoms with Crippen molar-refractivity contribution in [2.75, 3.05) is 26.1 Å². The third-order valence-corrected chi connectivity index (χ3v) is 6.78. The summed E-state index contributed by atoms with van der Waals surface area (Å²) in [7, 11) is 3.04. The van der Waals surface area contributed by atoms with E-state index in [4.69, 9.17) is 14.5 Å². The van der Waals surface area contributed by atoms with Crippen LogP contribution in [0.15, 0.2) is 43.1 Å². The molecule has 1 saturated carbocycles. The SMILES string of the molecule is COCCn1cc(C(F)(F)F)nc1-c1ccc(CNc2nc(-c3c(OC)ncnc3C3CC3)nc3nc[nH]c23)cc1. The van der Waals surface area contributed by atoms with E-state index in [0.29, 0.717) is 52.3 Å². The molecule has 0 amide bonds. The number of nitrogens with zero attached hydrogens (tertiary/aromatic N) is 7. The zero-order valence-electron chi connectivity index (χ0n) is 22.2. The van der Waals surface area contributed by atoms with Gasteiger partial charge < -0.3 is 24.3 Å². The molecule has 1 aliphatic rings. The van der Waals surface area contributed by atoms with Crippen LogP contribution < -0.4 is 10.1 Å². The molecule has 1 aromatic carbocycles. The zero-order valence-corrected chi connectivity index (χ0v) is 22.2. The van der Waals surface area contributed by atoms with Crippen molar-refractivity contribution >= 4 is 17.0 Å². The second-order valence-corrected chi connectivity index (χ2v) is 9.60. The molecule has 6 rings (SSSR count). The Kier molecular flexibility index (Phi) is 6.99. The fourth-order valence-electron chi connectivity index (χ4n) is 4.59. The van der Waals surface area contributed by atoms with E-state index >= 15 is 0 Å². The predicted molar refractivity (Wildman–Crippen MR) is 143 cm³/mol. The lowest BCUT2D eigenvalue weighted by molar-refractivity contribution is -0.140. The van der Waals surface area contributed by atoms with Crippen molar-refractivity contribution in [1.29, 1.82) is 0 Å². The Labute approximate surface area is 232 Å². The molecule has 5 aromatic rings. The molecule has 0 aliphatic heterocycles. The van der Waals surface area contributed by atoms with Gasteiger partial charge in [0.05, 0.1) is 25.7 Å². The van der Waals surface area contributed by atoms with Gasteiger partial charge in [-0.25, -0.2) is 29.9 Å². The van der Waals surface area contributed by atoms with Crippen LogP contribution in [-0.2, 0) is 24.0 Å². The van der Waals surface area contributed by atoms with Crippen molar-refractivity contribution < 1.29 is 22.6 Å². The highest BCUT2D eigenvalue weighted by atomic mass is 19.4. The quantitative estimate of drug-likeness (QED) is 0.244. The maximum absolute atomic E-state index is 13.3. The zero-order chi connectivity index (χ0) is 28.6. The van der Waals surface area contributed by atoms with E-state index < -0.39 is 11.9 Å². The van der Waals surface area contributed by atoms with Crippen LogP contribution in [0.1, 0.15) is 35.7 Å². The minimum atomic E-state index is -4.54. The summed E-state index contributed by atoms with van der Waals surface area (Å²) in [5, 5.41) is 3.33. The van der Waals surface area contributed by atoms with Gasteiger partial charge >= 0.3 is 6.18 Å². The van der Waals surface area contributed by atoms with Crippen molar-refractivity contribution in [3.63, 3.8) is 0 Å². The molecule has 1 fully saturated rings. The van der Waals surface area contributed by atoms with Gasteiger partial charge in [0.15, 0.2) is 23.0 Å². The minimum Gasteiger partial charge on any atom is -0.480 e. The molecule has 2 N–H and O–H groups in total. The number of imidazole rings is 2. The first kappa shape index (κ1) is 26.6. The lowest BCUT2D eigenvalue weighted by atomic mass is 10.1. The van der Waals surface area contributed by atoms with Crippen LogP contribution >= 0.6 is 0 Å². The predicted octanol–water partition coefficient (Wildman–Crippen LogP) is 4.84. The Bertz CT molecular complexity index is 1680. The molecule has 0 radical (unpaired) electrons. The standard InChI is InChI=1S/C27H26F3N9O2/c1-40-10-9-39-12-18(27(28,29)30)36-25(39)17-5-3-15(4-6-17)11-31-23-21-24(34-13-33-21)38-22(37-23)19-20(16-7-8-16)32-14-35-26(19)41-2/h3-6,12-14,16H,7-11H2,1-2H3,(H2,31,33,34,37,38). The minimum absolute atomic E-state index is 0.221. The summed E-state index contributed by atoms with van der Waals surface area (Å²) in [6, 6.07) is 7.15. The molecule has 11 nitrogen and oxygen atoms in total. The largest absolute Gasteiger partial charge is 0.480 e. The van der Waals surface area contributed by atoms with Crippen molar-refractivity contribution in [3.8, 4) is 28.7 Å². The van der Waals surface area contributed by atoms with Crippen molar-refractivity contribution in [1.82, 2.24) is 39.5 Å². The molecule has 0 saturated heterocycles. The van der Waals surface area contributed by atoms with Gasteiger partial charge in [0.1, 0.15) is 23.2 Å². The van der Waals surface area contributed by atoms with Crippen LogP contribution in [0.3, 0.4) is 0 Å². The maximum Gasteiger partial charge on any atom is 0.434 e. The van der Waals surface area contributed by atoms with Gasteiger partial charge in [-0.2, -0.15) is 13.2 Å². The first-order valence-corrected chi connectivity index (χ1v) is 12.9.